The van der Waals surface area contributed by atoms with Crippen molar-refractivity contribution in [2.45, 2.75) is 37.8 Å². The Hall–Kier alpha value is -2.64. The summed E-state index contributed by atoms with van der Waals surface area (Å²) in [6.45, 7) is 4.47. The maximum absolute atomic E-state index is 11.3. The van der Waals surface area contributed by atoms with Crippen molar-refractivity contribution in [2.24, 2.45) is 5.73 Å². The lowest BCUT2D eigenvalue weighted by Gasteiger charge is -2.41. The molecule has 2 aromatic carbocycles. The number of urea groups is 1. The molecule has 2 aromatic rings. The van der Waals surface area contributed by atoms with Crippen LogP contribution >= 0.6 is 11.6 Å². The van der Waals surface area contributed by atoms with Crippen molar-refractivity contribution in [1.82, 2.24) is 4.90 Å². The monoisotopic (exact) mass is 445 g/mol. The number of hydrogen-bond acceptors (Lipinski definition) is 5. The van der Waals surface area contributed by atoms with Gasteiger partial charge in [-0.25, -0.2) is 4.79 Å². The molecule has 0 aromatic heterocycles. The van der Waals surface area contributed by atoms with E-state index in [4.69, 9.17) is 31.5 Å². The number of primary amides is 1. The van der Waals surface area contributed by atoms with Crippen LogP contribution in [0.15, 0.2) is 36.4 Å². The van der Waals surface area contributed by atoms with Crippen molar-refractivity contribution >= 4 is 23.3 Å². The normalized spacial score (nSPS) is 18.2. The topological polar surface area (TPSA) is 86.0 Å². The Morgan fingerprint density at radius 1 is 1.29 bits per heavy atom. The molecule has 1 unspecified atom stereocenters. The molecule has 2 aliphatic heterocycles. The lowest BCUT2D eigenvalue weighted by molar-refractivity contribution is 0.00144. The standard InChI is InChI=1S/C23H28ClN3O4/c1-15(14-30-21-12-18(29-2)4-5-19(21)26-22(25)28)27-9-7-23(8-10-27)13-16-11-17(24)3-6-20(16)31-23/h3-6,11-12,15H,7-10,13-14H2,1-2H3,(H3,25,26,28). The molecule has 2 aliphatic rings. The third-order valence-electron chi connectivity index (χ3n) is 6.12. The van der Waals surface area contributed by atoms with Crippen LogP contribution < -0.4 is 25.3 Å². The molecule has 0 aliphatic carbocycles. The molecule has 166 valence electrons. The molecule has 2 amide bonds. The molecule has 1 fully saturated rings. The summed E-state index contributed by atoms with van der Waals surface area (Å²) in [6, 6.07) is 10.6. The van der Waals surface area contributed by atoms with E-state index in [0.717, 1.165) is 43.1 Å². The highest BCUT2D eigenvalue weighted by molar-refractivity contribution is 6.30. The third kappa shape index (κ3) is 4.83. The number of methoxy groups -OCH3 is 1. The summed E-state index contributed by atoms with van der Waals surface area (Å²) in [7, 11) is 1.59. The molecule has 2 heterocycles. The Labute approximate surface area is 187 Å². The number of benzene rings is 2. The molecule has 1 saturated heterocycles. The Balaban J connectivity index is 1.34. The second-order valence-electron chi connectivity index (χ2n) is 8.26. The van der Waals surface area contributed by atoms with Gasteiger partial charge in [0.15, 0.2) is 0 Å². The first-order valence-corrected chi connectivity index (χ1v) is 10.8. The fourth-order valence-electron chi connectivity index (χ4n) is 4.35. The van der Waals surface area contributed by atoms with Gasteiger partial charge in [0, 0.05) is 49.5 Å². The highest BCUT2D eigenvalue weighted by Crippen LogP contribution is 2.42. The number of piperidine rings is 1. The molecule has 0 saturated carbocycles. The molecule has 3 N–H and O–H groups in total. The van der Waals surface area contributed by atoms with E-state index in [1.54, 1.807) is 25.3 Å². The van der Waals surface area contributed by atoms with Crippen molar-refractivity contribution in [3.05, 3.63) is 47.0 Å². The number of amides is 2. The SMILES string of the molecule is COc1ccc(NC(N)=O)c(OCC(C)N2CCC3(CC2)Cc2cc(Cl)ccc2O3)c1. The summed E-state index contributed by atoms with van der Waals surface area (Å²) < 4.78 is 17.7. The van der Waals surface area contributed by atoms with Gasteiger partial charge >= 0.3 is 6.03 Å². The van der Waals surface area contributed by atoms with Crippen LogP contribution in [0.1, 0.15) is 25.3 Å². The van der Waals surface area contributed by atoms with E-state index in [1.807, 2.05) is 18.2 Å². The number of carbonyl (C=O) groups is 1. The molecule has 7 nitrogen and oxygen atoms in total. The number of ether oxygens (including phenoxy) is 3. The quantitative estimate of drug-likeness (QED) is 0.699. The van der Waals surface area contributed by atoms with Crippen LogP contribution in [0.3, 0.4) is 0 Å². The van der Waals surface area contributed by atoms with E-state index in [-0.39, 0.29) is 11.6 Å². The van der Waals surface area contributed by atoms with Gasteiger partial charge in [-0.15, -0.1) is 0 Å². The fraction of sp³-hybridized carbons (Fsp3) is 0.435. The molecular weight excluding hydrogens is 418 g/mol. The molecule has 1 spiro atoms. The number of halogens is 1. The van der Waals surface area contributed by atoms with Crippen molar-refractivity contribution in [2.75, 3.05) is 32.1 Å². The maximum Gasteiger partial charge on any atom is 0.316 e. The van der Waals surface area contributed by atoms with Gasteiger partial charge in [0.1, 0.15) is 29.5 Å². The van der Waals surface area contributed by atoms with Crippen molar-refractivity contribution in [3.63, 3.8) is 0 Å². The average Bonchev–Trinajstić information content (AvgIpc) is 3.09. The van der Waals surface area contributed by atoms with Crippen LogP contribution in [-0.2, 0) is 6.42 Å². The first kappa shape index (κ1) is 21.6. The van der Waals surface area contributed by atoms with E-state index in [9.17, 15) is 4.79 Å². The maximum atomic E-state index is 11.3. The van der Waals surface area contributed by atoms with Crippen LogP contribution in [0.25, 0.3) is 0 Å². The first-order valence-electron chi connectivity index (χ1n) is 10.5. The summed E-state index contributed by atoms with van der Waals surface area (Å²) >= 11 is 6.14. The molecule has 1 atom stereocenters. The summed E-state index contributed by atoms with van der Waals surface area (Å²) in [4.78, 5) is 13.7. The molecular formula is C23H28ClN3O4. The van der Waals surface area contributed by atoms with Gasteiger partial charge in [0.05, 0.1) is 12.8 Å². The third-order valence-corrected chi connectivity index (χ3v) is 6.36. The zero-order valence-corrected chi connectivity index (χ0v) is 18.6. The van der Waals surface area contributed by atoms with Gasteiger partial charge in [0.2, 0.25) is 0 Å². The van der Waals surface area contributed by atoms with Crippen LogP contribution in [0, 0.1) is 0 Å². The Kier molecular flexibility index (Phi) is 6.16. The summed E-state index contributed by atoms with van der Waals surface area (Å²) in [5, 5.41) is 3.35. The first-order chi connectivity index (χ1) is 14.9. The molecule has 0 radical (unpaired) electrons. The minimum Gasteiger partial charge on any atom is -0.497 e. The summed E-state index contributed by atoms with van der Waals surface area (Å²) in [6.07, 6.45) is 2.82. The fourth-order valence-corrected chi connectivity index (χ4v) is 4.55. The van der Waals surface area contributed by atoms with Gasteiger partial charge in [0.25, 0.3) is 0 Å². The van der Waals surface area contributed by atoms with Crippen molar-refractivity contribution < 1.29 is 19.0 Å². The molecule has 4 rings (SSSR count). The van der Waals surface area contributed by atoms with Gasteiger partial charge in [-0.2, -0.15) is 0 Å². The smallest absolute Gasteiger partial charge is 0.316 e. The lowest BCUT2D eigenvalue weighted by atomic mass is 9.86. The number of hydrogen-bond donors (Lipinski definition) is 2. The number of anilines is 1. The number of likely N-dealkylation sites (tertiary alicyclic amines) is 1. The minimum absolute atomic E-state index is 0.129. The van der Waals surface area contributed by atoms with Crippen molar-refractivity contribution in [1.29, 1.82) is 0 Å². The average molecular weight is 446 g/mol. The number of nitrogens with one attached hydrogen (secondary N) is 1. The van der Waals surface area contributed by atoms with Gasteiger partial charge in [-0.1, -0.05) is 11.6 Å². The van der Waals surface area contributed by atoms with Gasteiger partial charge in [-0.05, 0) is 42.8 Å². The predicted molar refractivity (Wildman–Crippen MR) is 120 cm³/mol. The van der Waals surface area contributed by atoms with Crippen LogP contribution in [0.5, 0.6) is 17.2 Å². The highest BCUT2D eigenvalue weighted by atomic mass is 35.5. The number of nitrogens with zero attached hydrogens (tertiary/aromatic N) is 1. The van der Waals surface area contributed by atoms with E-state index in [1.165, 1.54) is 5.56 Å². The zero-order valence-electron chi connectivity index (χ0n) is 17.8. The van der Waals surface area contributed by atoms with Crippen LogP contribution in [0.2, 0.25) is 5.02 Å². The molecule has 31 heavy (non-hydrogen) atoms. The Bertz CT molecular complexity index is 960. The van der Waals surface area contributed by atoms with Gasteiger partial charge in [-0.3, -0.25) is 4.90 Å². The van der Waals surface area contributed by atoms with E-state index < -0.39 is 6.03 Å². The number of fused-ring (bicyclic) bond motifs is 1. The predicted octanol–water partition coefficient (Wildman–Crippen LogP) is 4.08. The number of rotatable bonds is 6. The zero-order chi connectivity index (χ0) is 22.0. The van der Waals surface area contributed by atoms with Gasteiger partial charge < -0.3 is 25.3 Å². The lowest BCUT2D eigenvalue weighted by Crippen LogP contribution is -2.51. The van der Waals surface area contributed by atoms with E-state index >= 15 is 0 Å². The number of carbonyl (C=O) groups excluding carboxylic acids is 1. The Morgan fingerprint density at radius 2 is 2.06 bits per heavy atom. The highest BCUT2D eigenvalue weighted by Gasteiger charge is 2.42. The second-order valence-corrected chi connectivity index (χ2v) is 8.70. The second kappa shape index (κ2) is 8.85. The largest absolute Gasteiger partial charge is 0.497 e. The van der Waals surface area contributed by atoms with Crippen LogP contribution in [-0.4, -0.2) is 49.4 Å². The van der Waals surface area contributed by atoms with E-state index in [0.29, 0.717) is 23.8 Å². The molecule has 8 heteroatoms. The Morgan fingerprint density at radius 3 is 2.77 bits per heavy atom. The van der Waals surface area contributed by atoms with Crippen molar-refractivity contribution in [3.8, 4) is 17.2 Å². The summed E-state index contributed by atoms with van der Waals surface area (Å²) in [5.74, 6) is 2.14. The van der Waals surface area contributed by atoms with Crippen LogP contribution in [0.4, 0.5) is 10.5 Å². The van der Waals surface area contributed by atoms with E-state index in [2.05, 4.69) is 17.1 Å². The number of nitrogens with two attached hydrogens (primary N) is 1. The minimum atomic E-state index is -0.636. The summed E-state index contributed by atoms with van der Waals surface area (Å²) in [5.41, 5.74) is 6.86. The molecule has 0 bridgehead atoms.